The van der Waals surface area contributed by atoms with Crippen molar-refractivity contribution in [2.75, 3.05) is 0 Å². The molecule has 1 rings (SSSR count). The summed E-state index contributed by atoms with van der Waals surface area (Å²) >= 11 is -1.16. The van der Waals surface area contributed by atoms with Crippen LogP contribution in [0.25, 0.3) is 0 Å². The lowest BCUT2D eigenvalue weighted by Gasteiger charge is -2.27. The van der Waals surface area contributed by atoms with E-state index in [1.165, 1.54) is 0 Å². The highest BCUT2D eigenvalue weighted by atomic mass is 32.2. The number of nitrogens with one attached hydrogen (secondary N) is 1. The molecule has 0 radical (unpaired) electrons. The van der Waals surface area contributed by atoms with Crippen LogP contribution in [-0.2, 0) is 11.4 Å². The van der Waals surface area contributed by atoms with Crippen molar-refractivity contribution in [3.8, 4) is 0 Å². The molecule has 5 heteroatoms. The largest absolute Gasteiger partial charge is 0.598 e. The first-order valence-corrected chi connectivity index (χ1v) is 7.23. The highest BCUT2D eigenvalue weighted by molar-refractivity contribution is 7.90. The van der Waals surface area contributed by atoms with Crippen LogP contribution in [0.4, 0.5) is 4.39 Å². The van der Waals surface area contributed by atoms with Gasteiger partial charge in [0, 0.05) is 11.4 Å². The van der Waals surface area contributed by atoms with Crippen LogP contribution in [0, 0.1) is 12.7 Å². The van der Waals surface area contributed by atoms with Crippen LogP contribution in [0.15, 0.2) is 12.1 Å². The van der Waals surface area contributed by atoms with Crippen LogP contribution < -0.4 is 10.2 Å². The summed E-state index contributed by atoms with van der Waals surface area (Å²) in [6.45, 7) is 9.39. The SMILES string of the molecule is Bc1ccc([C@@H](C)N[S+]([O-])C(C)(C)C)c(C)c1F. The van der Waals surface area contributed by atoms with Gasteiger partial charge in [-0.1, -0.05) is 17.6 Å². The molecule has 0 heterocycles. The van der Waals surface area contributed by atoms with Crippen LogP contribution >= 0.6 is 0 Å². The third-order valence-electron chi connectivity index (χ3n) is 2.93. The van der Waals surface area contributed by atoms with Crippen molar-refractivity contribution in [3.05, 3.63) is 29.1 Å². The molecule has 0 saturated heterocycles. The summed E-state index contributed by atoms with van der Waals surface area (Å²) in [5.74, 6) is -0.178. The number of benzene rings is 1. The molecule has 18 heavy (non-hydrogen) atoms. The van der Waals surface area contributed by atoms with Gasteiger partial charge in [-0.2, -0.15) is 0 Å². The monoisotopic (exact) mass is 269 g/mol. The van der Waals surface area contributed by atoms with E-state index >= 15 is 0 Å². The summed E-state index contributed by atoms with van der Waals surface area (Å²) in [6.07, 6.45) is 0. The topological polar surface area (TPSA) is 35.1 Å². The summed E-state index contributed by atoms with van der Waals surface area (Å²) < 4.78 is 28.5. The minimum Gasteiger partial charge on any atom is -0.598 e. The van der Waals surface area contributed by atoms with Gasteiger partial charge in [-0.25, -0.2) is 4.39 Å². The zero-order valence-corrected chi connectivity index (χ0v) is 12.7. The Bertz CT molecular complexity index is 434. The van der Waals surface area contributed by atoms with E-state index in [0.717, 1.165) is 5.56 Å². The van der Waals surface area contributed by atoms with Gasteiger partial charge in [-0.15, -0.1) is 4.72 Å². The molecule has 0 fully saturated rings. The predicted octanol–water partition coefficient (Wildman–Crippen LogP) is 1.51. The van der Waals surface area contributed by atoms with Gasteiger partial charge in [0.1, 0.15) is 18.4 Å². The maximum Gasteiger partial charge on any atom is 0.143 e. The zero-order chi connectivity index (χ0) is 14.1. The average Bonchev–Trinajstić information content (AvgIpc) is 2.24. The molecule has 1 unspecified atom stereocenters. The first-order valence-electron chi connectivity index (χ1n) is 6.08. The highest BCUT2D eigenvalue weighted by Gasteiger charge is 2.28. The van der Waals surface area contributed by atoms with Gasteiger partial charge in [0.2, 0.25) is 0 Å². The molecule has 0 spiro atoms. The second kappa shape index (κ2) is 5.64. The molecule has 1 aromatic carbocycles. The Labute approximate surface area is 113 Å². The first kappa shape index (κ1) is 15.5. The molecule has 0 saturated carbocycles. The van der Waals surface area contributed by atoms with E-state index in [-0.39, 0.29) is 16.6 Å². The molecule has 100 valence electrons. The van der Waals surface area contributed by atoms with Gasteiger partial charge < -0.3 is 4.55 Å². The molecule has 1 N–H and O–H groups in total. The summed E-state index contributed by atoms with van der Waals surface area (Å²) in [5.41, 5.74) is 2.12. The number of rotatable bonds is 3. The minimum absolute atomic E-state index is 0.139. The molecular formula is C13H21BFNOS. The van der Waals surface area contributed by atoms with Crippen molar-refractivity contribution in [1.29, 1.82) is 0 Å². The zero-order valence-electron chi connectivity index (χ0n) is 11.9. The van der Waals surface area contributed by atoms with Gasteiger partial charge in [0.25, 0.3) is 0 Å². The summed E-state index contributed by atoms with van der Waals surface area (Å²) in [7, 11) is 1.75. The van der Waals surface area contributed by atoms with E-state index in [2.05, 4.69) is 4.72 Å². The maximum absolute atomic E-state index is 13.8. The van der Waals surface area contributed by atoms with E-state index in [4.69, 9.17) is 0 Å². The molecule has 0 aliphatic carbocycles. The van der Waals surface area contributed by atoms with Crippen LogP contribution in [0.5, 0.6) is 0 Å². The maximum atomic E-state index is 13.8. The second-order valence-corrected chi connectivity index (χ2v) is 7.63. The second-order valence-electron chi connectivity index (χ2n) is 5.63. The van der Waals surface area contributed by atoms with Gasteiger partial charge in [-0.3, -0.25) is 0 Å². The number of halogens is 1. The number of hydrogen-bond donors (Lipinski definition) is 1. The molecule has 0 aliphatic heterocycles. The lowest BCUT2D eigenvalue weighted by Crippen LogP contribution is -2.40. The van der Waals surface area contributed by atoms with Crippen molar-refractivity contribution in [2.45, 2.75) is 45.4 Å². The van der Waals surface area contributed by atoms with E-state index < -0.39 is 11.4 Å². The van der Waals surface area contributed by atoms with E-state index in [0.29, 0.717) is 11.0 Å². The smallest absolute Gasteiger partial charge is 0.143 e. The number of hydrogen-bond acceptors (Lipinski definition) is 2. The molecule has 0 aliphatic rings. The molecule has 2 atom stereocenters. The third kappa shape index (κ3) is 3.50. The molecule has 2 nitrogen and oxygen atoms in total. The van der Waals surface area contributed by atoms with Crippen molar-refractivity contribution in [1.82, 2.24) is 4.72 Å². The van der Waals surface area contributed by atoms with Crippen molar-refractivity contribution in [3.63, 3.8) is 0 Å². The fraction of sp³-hybridized carbons (Fsp3) is 0.538. The summed E-state index contributed by atoms with van der Waals surface area (Å²) in [4.78, 5) is 0. The van der Waals surface area contributed by atoms with Crippen LogP contribution in [0.1, 0.15) is 44.9 Å². The summed E-state index contributed by atoms with van der Waals surface area (Å²) in [5, 5.41) is 0. The van der Waals surface area contributed by atoms with Crippen LogP contribution in [0.2, 0.25) is 0 Å². The lowest BCUT2D eigenvalue weighted by molar-refractivity contribution is 0.529. The molecule has 1 aromatic rings. The third-order valence-corrected chi connectivity index (χ3v) is 4.61. The van der Waals surface area contributed by atoms with Crippen molar-refractivity contribution in [2.24, 2.45) is 0 Å². The van der Waals surface area contributed by atoms with E-state index in [1.54, 1.807) is 20.8 Å². The van der Waals surface area contributed by atoms with Gasteiger partial charge >= 0.3 is 0 Å². The Morgan fingerprint density at radius 2 is 1.94 bits per heavy atom. The Hall–Kier alpha value is -0.515. The Balaban J connectivity index is 2.92. The van der Waals surface area contributed by atoms with Crippen molar-refractivity contribution >= 4 is 24.7 Å². The van der Waals surface area contributed by atoms with Gasteiger partial charge in [-0.05, 0) is 45.7 Å². The fourth-order valence-corrected chi connectivity index (χ4v) is 2.51. The Morgan fingerprint density at radius 1 is 1.39 bits per heavy atom. The molecule has 0 aromatic heterocycles. The first-order chi connectivity index (χ1) is 8.14. The highest BCUT2D eigenvalue weighted by Crippen LogP contribution is 2.22. The van der Waals surface area contributed by atoms with E-state index in [1.807, 2.05) is 33.8 Å². The van der Waals surface area contributed by atoms with Gasteiger partial charge in [0.05, 0.1) is 6.04 Å². The molecule has 0 amide bonds. The average molecular weight is 269 g/mol. The van der Waals surface area contributed by atoms with Crippen LogP contribution in [0.3, 0.4) is 0 Å². The summed E-state index contributed by atoms with van der Waals surface area (Å²) in [6, 6.07) is 3.52. The van der Waals surface area contributed by atoms with Gasteiger partial charge in [0.15, 0.2) is 0 Å². The van der Waals surface area contributed by atoms with Crippen LogP contribution in [-0.4, -0.2) is 17.1 Å². The van der Waals surface area contributed by atoms with Crippen molar-refractivity contribution < 1.29 is 8.94 Å². The Kier molecular flexibility index (Phi) is 4.87. The predicted molar refractivity (Wildman–Crippen MR) is 78.8 cm³/mol. The fourth-order valence-electron chi connectivity index (χ4n) is 1.71. The quantitative estimate of drug-likeness (QED) is 0.666. The molecule has 0 bridgehead atoms. The molecular weight excluding hydrogens is 248 g/mol. The lowest BCUT2D eigenvalue weighted by atomic mass is 9.90. The minimum atomic E-state index is -1.16. The standard InChI is InChI=1S/C13H21BFNOS/c1-8-10(6-7-11(14)12(8)15)9(2)16-18(17)13(3,4)5/h6-7,9,16H,14H2,1-5H3/t9-,18?/m1/s1. The normalized spacial score (nSPS) is 15.5. The Morgan fingerprint density at radius 3 is 2.44 bits per heavy atom. The van der Waals surface area contributed by atoms with E-state index in [9.17, 15) is 8.94 Å².